The number of amides is 2. The average Bonchev–Trinajstić information content (AvgIpc) is 3.07. The van der Waals surface area contributed by atoms with E-state index in [1.54, 1.807) is 32.0 Å². The molecule has 6 nitrogen and oxygen atoms in total. The number of anilines is 1. The molecule has 2 amide bonds. The number of hydrogen-bond donors (Lipinski definition) is 2. The van der Waals surface area contributed by atoms with Crippen molar-refractivity contribution in [3.05, 3.63) is 23.8 Å². The molecule has 1 aliphatic rings. The SMILES string of the molecule is COc1ccc(C(=O)N2CCCC2)cc1NC(=O)C(C)C(C)N.Cl. The molecule has 134 valence electrons. The highest BCUT2D eigenvalue weighted by Crippen LogP contribution is 2.27. The highest BCUT2D eigenvalue weighted by atomic mass is 35.5. The Balaban J connectivity index is 0.00000288. The maximum Gasteiger partial charge on any atom is 0.253 e. The Bertz CT molecular complexity index is 586. The number of carbonyl (C=O) groups excluding carboxylic acids is 2. The predicted molar refractivity (Wildman–Crippen MR) is 96.8 cm³/mol. The monoisotopic (exact) mass is 355 g/mol. The third-order valence-corrected chi connectivity index (χ3v) is 4.30. The van der Waals surface area contributed by atoms with Crippen molar-refractivity contribution in [1.82, 2.24) is 4.90 Å². The summed E-state index contributed by atoms with van der Waals surface area (Å²) in [6, 6.07) is 4.85. The number of hydrogen-bond acceptors (Lipinski definition) is 4. The van der Waals surface area contributed by atoms with Crippen LogP contribution >= 0.6 is 12.4 Å². The van der Waals surface area contributed by atoms with Crippen molar-refractivity contribution in [2.75, 3.05) is 25.5 Å². The second-order valence-corrected chi connectivity index (χ2v) is 6.05. The first-order valence-corrected chi connectivity index (χ1v) is 7.97. The Morgan fingerprint density at radius 2 is 1.88 bits per heavy atom. The van der Waals surface area contributed by atoms with Gasteiger partial charge in [-0.2, -0.15) is 0 Å². The number of nitrogens with one attached hydrogen (secondary N) is 1. The number of nitrogens with two attached hydrogens (primary N) is 1. The van der Waals surface area contributed by atoms with Crippen molar-refractivity contribution in [1.29, 1.82) is 0 Å². The molecule has 1 aromatic carbocycles. The molecule has 0 bridgehead atoms. The lowest BCUT2D eigenvalue weighted by Crippen LogP contribution is -2.34. The number of carbonyl (C=O) groups is 2. The summed E-state index contributed by atoms with van der Waals surface area (Å²) in [6.45, 7) is 5.13. The van der Waals surface area contributed by atoms with Crippen LogP contribution in [0.1, 0.15) is 37.0 Å². The van der Waals surface area contributed by atoms with Crippen LogP contribution < -0.4 is 15.8 Å². The number of halogens is 1. The molecule has 0 aliphatic carbocycles. The van der Waals surface area contributed by atoms with E-state index in [4.69, 9.17) is 10.5 Å². The van der Waals surface area contributed by atoms with Gasteiger partial charge in [-0.05, 0) is 38.0 Å². The maximum absolute atomic E-state index is 12.5. The van der Waals surface area contributed by atoms with E-state index in [0.29, 0.717) is 17.0 Å². The molecule has 0 radical (unpaired) electrons. The molecule has 1 fully saturated rings. The lowest BCUT2D eigenvalue weighted by atomic mass is 10.0. The second-order valence-electron chi connectivity index (χ2n) is 6.05. The van der Waals surface area contributed by atoms with E-state index in [1.165, 1.54) is 7.11 Å². The lowest BCUT2D eigenvalue weighted by molar-refractivity contribution is -0.119. The largest absolute Gasteiger partial charge is 0.495 e. The summed E-state index contributed by atoms with van der Waals surface area (Å²) >= 11 is 0. The zero-order valence-electron chi connectivity index (χ0n) is 14.4. The third kappa shape index (κ3) is 4.61. The Kier molecular flexibility index (Phi) is 7.51. The van der Waals surface area contributed by atoms with E-state index in [0.717, 1.165) is 25.9 Å². The summed E-state index contributed by atoms with van der Waals surface area (Å²) in [5, 5.41) is 2.81. The zero-order chi connectivity index (χ0) is 17.0. The topological polar surface area (TPSA) is 84.7 Å². The summed E-state index contributed by atoms with van der Waals surface area (Å²) in [4.78, 5) is 26.5. The Hall–Kier alpha value is -1.79. The van der Waals surface area contributed by atoms with Gasteiger partial charge >= 0.3 is 0 Å². The smallest absolute Gasteiger partial charge is 0.253 e. The van der Waals surface area contributed by atoms with Gasteiger partial charge in [-0.15, -0.1) is 12.4 Å². The zero-order valence-corrected chi connectivity index (χ0v) is 15.2. The Labute approximate surface area is 149 Å². The highest BCUT2D eigenvalue weighted by molar-refractivity contribution is 5.99. The van der Waals surface area contributed by atoms with Gasteiger partial charge in [0.15, 0.2) is 0 Å². The minimum atomic E-state index is -0.336. The van der Waals surface area contributed by atoms with Gasteiger partial charge in [0.2, 0.25) is 5.91 Å². The number of likely N-dealkylation sites (tertiary alicyclic amines) is 1. The fourth-order valence-electron chi connectivity index (χ4n) is 2.53. The van der Waals surface area contributed by atoms with Gasteiger partial charge < -0.3 is 20.7 Å². The molecular formula is C17H26ClN3O3. The van der Waals surface area contributed by atoms with Crippen LogP contribution in [-0.4, -0.2) is 43.0 Å². The van der Waals surface area contributed by atoms with Crippen molar-refractivity contribution in [3.63, 3.8) is 0 Å². The van der Waals surface area contributed by atoms with Crippen LogP contribution in [0.4, 0.5) is 5.69 Å². The summed E-state index contributed by atoms with van der Waals surface area (Å²) in [6.07, 6.45) is 2.08. The van der Waals surface area contributed by atoms with Crippen LogP contribution in [0.25, 0.3) is 0 Å². The van der Waals surface area contributed by atoms with Crippen molar-refractivity contribution in [3.8, 4) is 5.75 Å². The van der Waals surface area contributed by atoms with Crippen LogP contribution in [0.5, 0.6) is 5.75 Å². The first-order chi connectivity index (χ1) is 10.9. The molecule has 24 heavy (non-hydrogen) atoms. The predicted octanol–water partition coefficient (Wildman–Crippen LogP) is 2.27. The fraction of sp³-hybridized carbons (Fsp3) is 0.529. The van der Waals surface area contributed by atoms with Crippen molar-refractivity contribution < 1.29 is 14.3 Å². The van der Waals surface area contributed by atoms with Gasteiger partial charge in [-0.3, -0.25) is 9.59 Å². The number of rotatable bonds is 5. The molecule has 7 heteroatoms. The average molecular weight is 356 g/mol. The number of ether oxygens (including phenoxy) is 1. The van der Waals surface area contributed by atoms with Crippen LogP contribution in [0.3, 0.4) is 0 Å². The van der Waals surface area contributed by atoms with Crippen LogP contribution in [-0.2, 0) is 4.79 Å². The van der Waals surface area contributed by atoms with E-state index >= 15 is 0 Å². The van der Waals surface area contributed by atoms with E-state index in [9.17, 15) is 9.59 Å². The molecule has 2 unspecified atom stereocenters. The van der Waals surface area contributed by atoms with Crippen molar-refractivity contribution >= 4 is 29.9 Å². The van der Waals surface area contributed by atoms with E-state index in [2.05, 4.69) is 5.32 Å². The fourth-order valence-corrected chi connectivity index (χ4v) is 2.53. The molecule has 1 aliphatic heterocycles. The molecule has 3 N–H and O–H groups in total. The van der Waals surface area contributed by atoms with Gasteiger partial charge in [0.05, 0.1) is 18.7 Å². The van der Waals surface area contributed by atoms with Gasteiger partial charge in [-0.25, -0.2) is 0 Å². The van der Waals surface area contributed by atoms with Gasteiger partial charge in [0.25, 0.3) is 5.91 Å². The van der Waals surface area contributed by atoms with Gasteiger partial charge in [0, 0.05) is 24.7 Å². The number of benzene rings is 1. The van der Waals surface area contributed by atoms with E-state index in [1.807, 2.05) is 4.90 Å². The molecule has 0 saturated carbocycles. The summed E-state index contributed by atoms with van der Waals surface area (Å²) in [5.74, 6) is -0.0178. The Morgan fingerprint density at radius 1 is 1.25 bits per heavy atom. The number of methoxy groups -OCH3 is 1. The highest BCUT2D eigenvalue weighted by Gasteiger charge is 2.22. The Morgan fingerprint density at radius 3 is 2.42 bits per heavy atom. The standard InChI is InChI=1S/C17H25N3O3.ClH/c1-11(12(2)18)16(21)19-14-10-13(6-7-15(14)23-3)17(22)20-8-4-5-9-20;/h6-7,10-12H,4-5,8-9,18H2,1-3H3,(H,19,21);1H. The third-order valence-electron chi connectivity index (χ3n) is 4.30. The number of nitrogens with zero attached hydrogens (tertiary/aromatic N) is 1. The van der Waals surface area contributed by atoms with Crippen LogP contribution in [0, 0.1) is 5.92 Å². The first-order valence-electron chi connectivity index (χ1n) is 7.97. The van der Waals surface area contributed by atoms with Crippen molar-refractivity contribution in [2.24, 2.45) is 11.7 Å². The van der Waals surface area contributed by atoms with E-state index in [-0.39, 0.29) is 36.2 Å². The first kappa shape index (κ1) is 20.3. The molecule has 0 spiro atoms. The molecule has 2 rings (SSSR count). The quantitative estimate of drug-likeness (QED) is 0.848. The summed E-state index contributed by atoms with van der Waals surface area (Å²) in [7, 11) is 1.53. The van der Waals surface area contributed by atoms with Gasteiger partial charge in [-0.1, -0.05) is 6.92 Å². The second kappa shape index (κ2) is 8.89. The molecule has 1 aromatic rings. The molecule has 0 aromatic heterocycles. The lowest BCUT2D eigenvalue weighted by Gasteiger charge is -2.19. The minimum absolute atomic E-state index is 0. The van der Waals surface area contributed by atoms with E-state index < -0.39 is 0 Å². The summed E-state index contributed by atoms with van der Waals surface area (Å²) < 4.78 is 5.28. The minimum Gasteiger partial charge on any atom is -0.495 e. The molecule has 1 heterocycles. The summed E-state index contributed by atoms with van der Waals surface area (Å²) in [5.41, 5.74) is 6.82. The van der Waals surface area contributed by atoms with Crippen molar-refractivity contribution in [2.45, 2.75) is 32.7 Å². The molecular weight excluding hydrogens is 330 g/mol. The van der Waals surface area contributed by atoms with Crippen LogP contribution in [0.15, 0.2) is 18.2 Å². The maximum atomic E-state index is 12.5. The molecule has 2 atom stereocenters. The van der Waals surface area contributed by atoms with Crippen LogP contribution in [0.2, 0.25) is 0 Å². The molecule has 1 saturated heterocycles. The normalized spacial score (nSPS) is 16.1. The van der Waals surface area contributed by atoms with Gasteiger partial charge in [0.1, 0.15) is 5.75 Å².